The number of aromatic nitrogens is 6. The fourth-order valence-electron chi connectivity index (χ4n) is 5.45. The molecule has 0 saturated carbocycles. The van der Waals surface area contributed by atoms with E-state index in [1.54, 1.807) is 24.8 Å². The van der Waals surface area contributed by atoms with Crippen LogP contribution in [0.5, 0.6) is 0 Å². The topological polar surface area (TPSA) is 69.4 Å². The fourth-order valence-corrected chi connectivity index (χ4v) is 5.45. The summed E-state index contributed by atoms with van der Waals surface area (Å²) in [6, 6.07) is 27.2. The first-order valence-corrected chi connectivity index (χ1v) is 12.1. The summed E-state index contributed by atoms with van der Waals surface area (Å²) in [6.07, 6.45) is 8.89. The van der Waals surface area contributed by atoms with E-state index in [2.05, 4.69) is 70.2 Å². The van der Waals surface area contributed by atoms with Gasteiger partial charge in [-0.3, -0.25) is 19.5 Å². The molecule has 0 fully saturated rings. The van der Waals surface area contributed by atoms with Crippen LogP contribution in [0.15, 0.2) is 110 Å². The normalized spacial score (nSPS) is 11.8. The molecule has 0 radical (unpaired) electrons. The quantitative estimate of drug-likeness (QED) is 0.255. The molecule has 0 aliphatic rings. The lowest BCUT2D eigenvalue weighted by Gasteiger charge is -2.11. The number of hydrogen-bond donors (Lipinski definition) is 0. The third-order valence-electron chi connectivity index (χ3n) is 7.06. The molecular formula is C31H18N6. The van der Waals surface area contributed by atoms with Gasteiger partial charge in [0, 0.05) is 58.1 Å². The van der Waals surface area contributed by atoms with Crippen LogP contribution in [0.4, 0.5) is 0 Å². The van der Waals surface area contributed by atoms with Gasteiger partial charge in [0.1, 0.15) is 0 Å². The van der Waals surface area contributed by atoms with Gasteiger partial charge in [-0.15, -0.1) is 0 Å². The zero-order valence-electron chi connectivity index (χ0n) is 19.6. The van der Waals surface area contributed by atoms with Crippen LogP contribution in [0.1, 0.15) is 0 Å². The Hall–Kier alpha value is -5.23. The Labute approximate surface area is 210 Å². The Morgan fingerprint density at radius 2 is 1.22 bits per heavy atom. The standard InChI is InChI=1S/C31H18N6/c1-2-7-22-20(5-1)23-17-24-21-6-3-4-8-27(21)37(28(24)18-25(23)30-29(22)33-15-16-34-30)31-35-14-11-26(36-31)19-9-12-32-13-10-19/h1-18H. The number of fused-ring (bicyclic) bond motifs is 9. The van der Waals surface area contributed by atoms with Crippen LogP contribution in [0, 0.1) is 0 Å². The highest BCUT2D eigenvalue weighted by molar-refractivity contribution is 6.27. The molecule has 0 atom stereocenters. The molecule has 172 valence electrons. The molecule has 8 aromatic rings. The zero-order chi connectivity index (χ0) is 24.3. The van der Waals surface area contributed by atoms with E-state index in [4.69, 9.17) is 19.9 Å². The van der Waals surface area contributed by atoms with Gasteiger partial charge in [-0.05, 0) is 47.2 Å². The number of benzene rings is 4. The van der Waals surface area contributed by atoms with Gasteiger partial charge in [0.05, 0.1) is 27.8 Å². The summed E-state index contributed by atoms with van der Waals surface area (Å²) < 4.78 is 2.15. The van der Waals surface area contributed by atoms with E-state index in [1.807, 2.05) is 24.4 Å². The summed E-state index contributed by atoms with van der Waals surface area (Å²) in [5.74, 6) is 0.621. The molecular weight excluding hydrogens is 456 g/mol. The van der Waals surface area contributed by atoms with Gasteiger partial charge < -0.3 is 0 Å². The number of para-hydroxylation sites is 1. The van der Waals surface area contributed by atoms with Crippen LogP contribution in [-0.2, 0) is 0 Å². The summed E-state index contributed by atoms with van der Waals surface area (Å²) >= 11 is 0. The second kappa shape index (κ2) is 7.63. The molecule has 4 heterocycles. The maximum atomic E-state index is 4.97. The summed E-state index contributed by atoms with van der Waals surface area (Å²) in [5.41, 5.74) is 5.73. The van der Waals surface area contributed by atoms with Gasteiger partial charge >= 0.3 is 0 Å². The van der Waals surface area contributed by atoms with Crippen molar-refractivity contribution in [2.45, 2.75) is 0 Å². The Kier molecular flexibility index (Phi) is 4.13. The SMILES string of the molecule is c1ccc2c(c1)c1cc3c4ccccc4n(-c4nccc(-c5ccncc5)n4)c3cc1c1nccnc21. The highest BCUT2D eigenvalue weighted by Crippen LogP contribution is 2.39. The minimum atomic E-state index is 0.621. The molecule has 0 amide bonds. The minimum Gasteiger partial charge on any atom is -0.278 e. The fraction of sp³-hybridized carbons (Fsp3) is 0. The highest BCUT2D eigenvalue weighted by Gasteiger charge is 2.18. The molecule has 0 unspecified atom stereocenters. The smallest absolute Gasteiger partial charge is 0.235 e. The number of nitrogens with zero attached hydrogens (tertiary/aromatic N) is 6. The maximum absolute atomic E-state index is 4.97. The first-order chi connectivity index (χ1) is 18.4. The molecule has 0 N–H and O–H groups in total. The van der Waals surface area contributed by atoms with Crippen molar-refractivity contribution in [3.63, 3.8) is 0 Å². The van der Waals surface area contributed by atoms with Crippen molar-refractivity contribution in [1.29, 1.82) is 0 Å². The van der Waals surface area contributed by atoms with Crippen LogP contribution in [0.25, 0.3) is 71.6 Å². The summed E-state index contributed by atoms with van der Waals surface area (Å²) in [4.78, 5) is 23.3. The van der Waals surface area contributed by atoms with Gasteiger partial charge in [0.2, 0.25) is 5.95 Å². The Bertz CT molecular complexity index is 2150. The van der Waals surface area contributed by atoms with E-state index in [9.17, 15) is 0 Å². The van der Waals surface area contributed by atoms with E-state index >= 15 is 0 Å². The van der Waals surface area contributed by atoms with Crippen LogP contribution in [0.2, 0.25) is 0 Å². The van der Waals surface area contributed by atoms with Crippen LogP contribution in [0.3, 0.4) is 0 Å². The largest absolute Gasteiger partial charge is 0.278 e. The first kappa shape index (κ1) is 20.0. The Morgan fingerprint density at radius 1 is 0.486 bits per heavy atom. The second-order valence-corrected chi connectivity index (χ2v) is 9.04. The lowest BCUT2D eigenvalue weighted by Crippen LogP contribution is -2.01. The van der Waals surface area contributed by atoms with E-state index in [1.165, 1.54) is 5.39 Å². The van der Waals surface area contributed by atoms with Crippen molar-refractivity contribution in [2.24, 2.45) is 0 Å². The van der Waals surface area contributed by atoms with E-state index in [0.717, 1.165) is 60.3 Å². The van der Waals surface area contributed by atoms with Gasteiger partial charge in [0.25, 0.3) is 0 Å². The summed E-state index contributed by atoms with van der Waals surface area (Å²) in [6.45, 7) is 0. The number of hydrogen-bond acceptors (Lipinski definition) is 5. The third kappa shape index (κ3) is 2.90. The lowest BCUT2D eigenvalue weighted by molar-refractivity contribution is 0.992. The first-order valence-electron chi connectivity index (χ1n) is 12.1. The molecule has 0 spiro atoms. The van der Waals surface area contributed by atoms with Crippen molar-refractivity contribution in [2.75, 3.05) is 0 Å². The maximum Gasteiger partial charge on any atom is 0.235 e. The van der Waals surface area contributed by atoms with E-state index in [0.29, 0.717) is 5.95 Å². The van der Waals surface area contributed by atoms with Crippen molar-refractivity contribution < 1.29 is 0 Å². The molecule has 0 aliphatic heterocycles. The zero-order valence-corrected chi connectivity index (χ0v) is 19.6. The van der Waals surface area contributed by atoms with Crippen molar-refractivity contribution in [3.8, 4) is 17.2 Å². The van der Waals surface area contributed by atoms with Crippen LogP contribution >= 0.6 is 0 Å². The molecule has 0 bridgehead atoms. The molecule has 8 rings (SSSR count). The van der Waals surface area contributed by atoms with E-state index in [-0.39, 0.29) is 0 Å². The molecule has 6 nitrogen and oxygen atoms in total. The minimum absolute atomic E-state index is 0.621. The van der Waals surface area contributed by atoms with Gasteiger partial charge in [-0.25, -0.2) is 9.97 Å². The Morgan fingerprint density at radius 3 is 2.05 bits per heavy atom. The van der Waals surface area contributed by atoms with Crippen LogP contribution < -0.4 is 0 Å². The molecule has 0 saturated heterocycles. The molecule has 6 heteroatoms. The van der Waals surface area contributed by atoms with Crippen LogP contribution in [-0.4, -0.2) is 29.5 Å². The van der Waals surface area contributed by atoms with Crippen molar-refractivity contribution in [3.05, 3.63) is 110 Å². The number of rotatable bonds is 2. The predicted molar refractivity (Wildman–Crippen MR) is 148 cm³/mol. The molecule has 4 aromatic carbocycles. The molecule has 0 aliphatic carbocycles. The summed E-state index contributed by atoms with van der Waals surface area (Å²) in [7, 11) is 0. The second-order valence-electron chi connectivity index (χ2n) is 9.04. The summed E-state index contributed by atoms with van der Waals surface area (Å²) in [5, 5.41) is 6.79. The third-order valence-corrected chi connectivity index (χ3v) is 7.06. The van der Waals surface area contributed by atoms with Crippen molar-refractivity contribution >= 4 is 54.4 Å². The van der Waals surface area contributed by atoms with E-state index < -0.39 is 0 Å². The molecule has 4 aromatic heterocycles. The van der Waals surface area contributed by atoms with Gasteiger partial charge in [-0.2, -0.15) is 0 Å². The number of pyridine rings is 1. The monoisotopic (exact) mass is 474 g/mol. The average molecular weight is 475 g/mol. The van der Waals surface area contributed by atoms with Gasteiger partial charge in [0.15, 0.2) is 0 Å². The highest BCUT2D eigenvalue weighted by atomic mass is 15.2. The predicted octanol–water partition coefficient (Wildman–Crippen LogP) is 6.89. The lowest BCUT2D eigenvalue weighted by atomic mass is 9.97. The van der Waals surface area contributed by atoms with Gasteiger partial charge in [-0.1, -0.05) is 42.5 Å². The Balaban J connectivity index is 1.53. The molecule has 37 heavy (non-hydrogen) atoms. The van der Waals surface area contributed by atoms with Crippen molar-refractivity contribution in [1.82, 2.24) is 29.5 Å². The average Bonchev–Trinajstić information content (AvgIpc) is 3.30.